The lowest BCUT2D eigenvalue weighted by Gasteiger charge is -2.19. The molecule has 0 amide bonds. The topological polar surface area (TPSA) is 72.2 Å². The summed E-state index contributed by atoms with van der Waals surface area (Å²) in [6.07, 6.45) is -1.11. The molecule has 1 unspecified atom stereocenters. The Morgan fingerprint density at radius 3 is 2.44 bits per heavy atom. The number of thioether (sulfide) groups is 1. The first-order valence-electron chi connectivity index (χ1n) is 10.4. The Morgan fingerprint density at radius 2 is 1.79 bits per heavy atom. The van der Waals surface area contributed by atoms with Crippen molar-refractivity contribution in [3.63, 3.8) is 0 Å². The SMILES string of the molecule is CC(C)(O)c1cccc(-n2nc(C(F)(F)F)cc2C2=CCC(c3cccc(S(C)(=O)=O)c3)S2)c1. The van der Waals surface area contributed by atoms with Crippen LogP contribution in [0.4, 0.5) is 13.2 Å². The van der Waals surface area contributed by atoms with Crippen molar-refractivity contribution in [2.45, 2.75) is 42.2 Å². The summed E-state index contributed by atoms with van der Waals surface area (Å²) >= 11 is 1.37. The molecule has 2 heterocycles. The Hall–Kier alpha value is -2.56. The number of hydrogen-bond donors (Lipinski definition) is 1. The number of alkyl halides is 3. The third-order valence-electron chi connectivity index (χ3n) is 5.49. The Labute approximate surface area is 200 Å². The summed E-state index contributed by atoms with van der Waals surface area (Å²) in [6, 6.07) is 14.2. The first-order chi connectivity index (χ1) is 15.7. The average Bonchev–Trinajstić information content (AvgIpc) is 3.40. The highest BCUT2D eigenvalue weighted by Crippen LogP contribution is 2.49. The molecule has 1 N–H and O–H groups in total. The fourth-order valence-corrected chi connectivity index (χ4v) is 5.60. The van der Waals surface area contributed by atoms with Crippen LogP contribution in [0, 0.1) is 0 Å². The number of hydrogen-bond acceptors (Lipinski definition) is 5. The molecule has 0 aliphatic carbocycles. The lowest BCUT2D eigenvalue weighted by Crippen LogP contribution is -2.16. The van der Waals surface area contributed by atoms with Gasteiger partial charge in [-0.2, -0.15) is 18.3 Å². The monoisotopic (exact) mass is 508 g/mol. The number of rotatable bonds is 5. The number of nitrogens with zero attached hydrogens (tertiary/aromatic N) is 2. The maximum Gasteiger partial charge on any atom is 0.435 e. The molecule has 5 nitrogen and oxygen atoms in total. The third kappa shape index (κ3) is 5.08. The van der Waals surface area contributed by atoms with Crippen molar-refractivity contribution in [2.75, 3.05) is 6.26 Å². The zero-order valence-electron chi connectivity index (χ0n) is 18.7. The van der Waals surface area contributed by atoms with Crippen LogP contribution < -0.4 is 0 Å². The largest absolute Gasteiger partial charge is 0.435 e. The van der Waals surface area contributed by atoms with Gasteiger partial charge in [-0.15, -0.1) is 11.8 Å². The van der Waals surface area contributed by atoms with Gasteiger partial charge in [0.1, 0.15) is 0 Å². The first kappa shape index (κ1) is 24.6. The summed E-state index contributed by atoms with van der Waals surface area (Å²) < 4.78 is 65.7. The predicted octanol–water partition coefficient (Wildman–Crippen LogP) is 5.74. The molecule has 4 rings (SSSR count). The summed E-state index contributed by atoms with van der Waals surface area (Å²) in [5, 5.41) is 14.0. The molecule has 0 saturated heterocycles. The normalized spacial score (nSPS) is 17.1. The summed E-state index contributed by atoms with van der Waals surface area (Å²) in [6.45, 7) is 3.20. The Kier molecular flexibility index (Phi) is 6.20. The minimum Gasteiger partial charge on any atom is -0.386 e. The molecule has 1 atom stereocenters. The fraction of sp³-hybridized carbons (Fsp3) is 0.292. The molecular formula is C24H23F3N2O3S2. The van der Waals surface area contributed by atoms with E-state index in [0.29, 0.717) is 22.6 Å². The summed E-state index contributed by atoms with van der Waals surface area (Å²) in [5.41, 5.74) is -0.178. The molecule has 1 aromatic heterocycles. The van der Waals surface area contributed by atoms with Gasteiger partial charge in [-0.25, -0.2) is 13.1 Å². The van der Waals surface area contributed by atoms with E-state index in [4.69, 9.17) is 0 Å². The molecule has 180 valence electrons. The van der Waals surface area contributed by atoms with Crippen molar-refractivity contribution in [2.24, 2.45) is 0 Å². The highest BCUT2D eigenvalue weighted by molar-refractivity contribution is 8.08. The van der Waals surface area contributed by atoms with Crippen LogP contribution in [0.25, 0.3) is 10.6 Å². The van der Waals surface area contributed by atoms with Gasteiger partial charge in [0.25, 0.3) is 0 Å². The molecule has 10 heteroatoms. The van der Waals surface area contributed by atoms with E-state index < -0.39 is 27.3 Å². The van der Waals surface area contributed by atoms with Crippen LogP contribution in [-0.4, -0.2) is 29.6 Å². The number of halogens is 3. The van der Waals surface area contributed by atoms with Crippen molar-refractivity contribution in [1.29, 1.82) is 0 Å². The second-order valence-corrected chi connectivity index (χ2v) is 11.9. The van der Waals surface area contributed by atoms with Gasteiger partial charge in [-0.1, -0.05) is 30.3 Å². The lowest BCUT2D eigenvalue weighted by molar-refractivity contribution is -0.141. The minimum absolute atomic E-state index is 0.142. The van der Waals surface area contributed by atoms with Crippen LogP contribution in [0.15, 0.2) is 65.6 Å². The van der Waals surface area contributed by atoms with Gasteiger partial charge >= 0.3 is 6.18 Å². The molecule has 34 heavy (non-hydrogen) atoms. The van der Waals surface area contributed by atoms with E-state index in [1.807, 2.05) is 12.1 Å². The van der Waals surface area contributed by atoms with E-state index in [1.165, 1.54) is 22.5 Å². The quantitative estimate of drug-likeness (QED) is 0.476. The zero-order chi connectivity index (χ0) is 24.9. The number of benzene rings is 2. The van der Waals surface area contributed by atoms with Crippen LogP contribution in [-0.2, 0) is 21.6 Å². The van der Waals surface area contributed by atoms with Crippen molar-refractivity contribution in [3.8, 4) is 5.69 Å². The summed E-state index contributed by atoms with van der Waals surface area (Å²) in [7, 11) is -3.38. The van der Waals surface area contributed by atoms with Crippen LogP contribution in [0.2, 0.25) is 0 Å². The molecule has 0 fully saturated rings. The zero-order valence-corrected chi connectivity index (χ0v) is 20.3. The van der Waals surface area contributed by atoms with Crippen molar-refractivity contribution in [1.82, 2.24) is 9.78 Å². The molecule has 3 aromatic rings. The molecule has 0 spiro atoms. The van der Waals surface area contributed by atoms with Crippen LogP contribution in [0.1, 0.15) is 48.0 Å². The molecule has 2 aromatic carbocycles. The smallest absolute Gasteiger partial charge is 0.386 e. The number of aliphatic hydroxyl groups is 1. The van der Waals surface area contributed by atoms with E-state index in [-0.39, 0.29) is 15.8 Å². The van der Waals surface area contributed by atoms with Crippen molar-refractivity contribution in [3.05, 3.63) is 83.2 Å². The second-order valence-electron chi connectivity index (χ2n) is 8.69. The van der Waals surface area contributed by atoms with E-state index in [2.05, 4.69) is 5.10 Å². The standard InChI is InChI=1S/C24H23F3N2O3S2/c1-23(2,30)16-7-5-8-17(13-16)29-19(14-22(28-29)24(25,26)27)21-11-10-20(33-21)15-6-4-9-18(12-15)34(3,31)32/h4-9,11-14,20,30H,10H2,1-3H3. The molecular weight excluding hydrogens is 485 g/mol. The van der Waals surface area contributed by atoms with Crippen molar-refractivity contribution < 1.29 is 26.7 Å². The first-order valence-corrected chi connectivity index (χ1v) is 13.2. The van der Waals surface area contributed by atoms with Gasteiger partial charge in [-0.3, -0.25) is 0 Å². The van der Waals surface area contributed by atoms with Gasteiger partial charge in [-0.05, 0) is 61.7 Å². The van der Waals surface area contributed by atoms with E-state index in [9.17, 15) is 26.7 Å². The lowest BCUT2D eigenvalue weighted by atomic mass is 9.98. The van der Waals surface area contributed by atoms with Gasteiger partial charge in [0, 0.05) is 16.4 Å². The maximum absolute atomic E-state index is 13.6. The number of sulfone groups is 1. The highest BCUT2D eigenvalue weighted by Gasteiger charge is 2.36. The third-order valence-corrected chi connectivity index (χ3v) is 7.98. The predicted molar refractivity (Wildman–Crippen MR) is 126 cm³/mol. The van der Waals surface area contributed by atoms with Crippen LogP contribution in [0.5, 0.6) is 0 Å². The van der Waals surface area contributed by atoms with E-state index in [1.54, 1.807) is 50.2 Å². The summed E-state index contributed by atoms with van der Waals surface area (Å²) in [4.78, 5) is 0.818. The van der Waals surface area contributed by atoms with Gasteiger partial charge in [0.2, 0.25) is 0 Å². The molecule has 0 radical (unpaired) electrons. The Bertz CT molecular complexity index is 1370. The van der Waals surface area contributed by atoms with Gasteiger partial charge < -0.3 is 5.11 Å². The van der Waals surface area contributed by atoms with Gasteiger partial charge in [0.15, 0.2) is 15.5 Å². The molecule has 0 bridgehead atoms. The second kappa shape index (κ2) is 8.58. The number of allylic oxidation sites excluding steroid dienone is 1. The molecule has 1 aliphatic heterocycles. The minimum atomic E-state index is -4.62. The highest BCUT2D eigenvalue weighted by atomic mass is 32.2. The fourth-order valence-electron chi connectivity index (χ4n) is 3.69. The Morgan fingerprint density at radius 1 is 1.09 bits per heavy atom. The maximum atomic E-state index is 13.6. The number of aromatic nitrogens is 2. The average molecular weight is 509 g/mol. The molecule has 1 aliphatic rings. The van der Waals surface area contributed by atoms with Gasteiger partial charge in [0.05, 0.1) is 21.9 Å². The summed E-state index contributed by atoms with van der Waals surface area (Å²) in [5.74, 6) is 0. The van der Waals surface area contributed by atoms with Crippen LogP contribution in [0.3, 0.4) is 0 Å². The molecule has 0 saturated carbocycles. The van der Waals surface area contributed by atoms with E-state index in [0.717, 1.165) is 17.9 Å². The Balaban J connectivity index is 1.72. The van der Waals surface area contributed by atoms with Crippen molar-refractivity contribution >= 4 is 26.5 Å². The van der Waals surface area contributed by atoms with E-state index >= 15 is 0 Å². The van der Waals surface area contributed by atoms with Crippen LogP contribution >= 0.6 is 11.8 Å².